The first kappa shape index (κ1) is 16.8. The number of sulfonamides is 1. The summed E-state index contributed by atoms with van der Waals surface area (Å²) in [6.07, 6.45) is 1.89. The molecule has 0 saturated heterocycles. The molecule has 0 radical (unpaired) electrons. The number of alkyl halides is 1. The van der Waals surface area contributed by atoms with Crippen LogP contribution < -0.4 is 0 Å². The molecule has 19 heavy (non-hydrogen) atoms. The van der Waals surface area contributed by atoms with Gasteiger partial charge in [0.15, 0.2) is 0 Å². The molecule has 1 unspecified atom stereocenters. The van der Waals surface area contributed by atoms with Gasteiger partial charge in [0.05, 0.1) is 0 Å². The van der Waals surface area contributed by atoms with Gasteiger partial charge in [-0.15, -0.1) is 11.6 Å². The third kappa shape index (κ3) is 3.84. The zero-order valence-corrected chi connectivity index (χ0v) is 13.4. The highest BCUT2D eigenvalue weighted by atomic mass is 35.5. The van der Waals surface area contributed by atoms with Crippen molar-refractivity contribution in [1.29, 1.82) is 0 Å². The van der Waals surface area contributed by atoms with Crippen molar-refractivity contribution in [3.63, 3.8) is 0 Å². The second kappa shape index (κ2) is 6.92. The van der Waals surface area contributed by atoms with Gasteiger partial charge in [-0.2, -0.15) is 16.1 Å². The molecule has 1 aromatic rings. The zero-order chi connectivity index (χ0) is 14.6. The van der Waals surface area contributed by atoms with Crippen LogP contribution in [-0.2, 0) is 15.9 Å². The Hall–Kier alpha value is -0.300. The normalized spacial score (nSPS) is 13.8. The molecule has 0 heterocycles. The molecule has 0 bridgehead atoms. The van der Waals surface area contributed by atoms with E-state index in [-0.39, 0.29) is 16.8 Å². The lowest BCUT2D eigenvalue weighted by Crippen LogP contribution is -2.37. The highest BCUT2D eigenvalue weighted by molar-refractivity contribution is 7.98. The average molecular weight is 326 g/mol. The fourth-order valence-corrected chi connectivity index (χ4v) is 4.01. The molecule has 0 aliphatic heterocycles. The molecule has 0 fully saturated rings. The van der Waals surface area contributed by atoms with E-state index in [1.807, 2.05) is 6.26 Å². The van der Waals surface area contributed by atoms with Gasteiger partial charge in [0, 0.05) is 24.7 Å². The van der Waals surface area contributed by atoms with Crippen molar-refractivity contribution in [3.8, 4) is 0 Å². The number of hydrogen-bond acceptors (Lipinski definition) is 3. The van der Waals surface area contributed by atoms with Gasteiger partial charge < -0.3 is 0 Å². The van der Waals surface area contributed by atoms with Gasteiger partial charge in [0.2, 0.25) is 10.0 Å². The molecule has 0 amide bonds. The van der Waals surface area contributed by atoms with Gasteiger partial charge in [-0.05, 0) is 30.9 Å². The van der Waals surface area contributed by atoms with Gasteiger partial charge in [-0.3, -0.25) is 0 Å². The second-order valence-electron chi connectivity index (χ2n) is 4.22. The number of hydrogen-bond donors (Lipinski definition) is 0. The van der Waals surface area contributed by atoms with E-state index in [1.165, 1.54) is 23.5 Å². The van der Waals surface area contributed by atoms with E-state index in [9.17, 15) is 12.8 Å². The first-order valence-corrected chi connectivity index (χ1v) is 9.02. The number of thioether (sulfide) groups is 1. The van der Waals surface area contributed by atoms with Crippen molar-refractivity contribution < 1.29 is 12.8 Å². The van der Waals surface area contributed by atoms with Crippen molar-refractivity contribution in [3.05, 3.63) is 29.6 Å². The van der Waals surface area contributed by atoms with Crippen LogP contribution in [0.25, 0.3) is 0 Å². The Bertz CT molecular complexity index is 537. The Balaban J connectivity index is 3.19. The molecule has 0 aliphatic carbocycles. The van der Waals surface area contributed by atoms with Crippen LogP contribution in [0, 0.1) is 5.82 Å². The van der Waals surface area contributed by atoms with Crippen LogP contribution in [-0.4, -0.2) is 37.8 Å². The van der Waals surface area contributed by atoms with Gasteiger partial charge in [-0.25, -0.2) is 12.8 Å². The van der Waals surface area contributed by atoms with E-state index in [1.54, 1.807) is 18.7 Å². The Morgan fingerprint density at radius 1 is 1.47 bits per heavy atom. The largest absolute Gasteiger partial charge is 0.246 e. The lowest BCUT2D eigenvalue weighted by Gasteiger charge is -2.24. The van der Waals surface area contributed by atoms with E-state index < -0.39 is 15.8 Å². The van der Waals surface area contributed by atoms with Crippen LogP contribution in [0.3, 0.4) is 0 Å². The maximum atomic E-state index is 13.8. The molecule has 7 heteroatoms. The highest BCUT2D eigenvalue weighted by Crippen LogP contribution is 2.22. The summed E-state index contributed by atoms with van der Waals surface area (Å²) in [6.45, 7) is 1.79. The fraction of sp³-hybridized carbons (Fsp3) is 0.500. The lowest BCUT2D eigenvalue weighted by molar-refractivity contribution is 0.411. The number of rotatable bonds is 6. The predicted molar refractivity (Wildman–Crippen MR) is 78.7 cm³/mol. The van der Waals surface area contributed by atoms with Gasteiger partial charge in [-0.1, -0.05) is 6.07 Å². The van der Waals surface area contributed by atoms with E-state index in [0.29, 0.717) is 11.3 Å². The predicted octanol–water partition coefficient (Wildman–Crippen LogP) is 2.94. The van der Waals surface area contributed by atoms with E-state index in [0.717, 1.165) is 6.07 Å². The second-order valence-corrected chi connectivity index (χ2v) is 7.37. The first-order valence-electron chi connectivity index (χ1n) is 5.66. The van der Waals surface area contributed by atoms with Gasteiger partial charge >= 0.3 is 0 Å². The van der Waals surface area contributed by atoms with Crippen molar-refractivity contribution in [2.75, 3.05) is 19.1 Å². The average Bonchev–Trinajstić information content (AvgIpc) is 2.38. The number of nitrogens with zero attached hydrogens (tertiary/aromatic N) is 1. The topological polar surface area (TPSA) is 37.4 Å². The van der Waals surface area contributed by atoms with Crippen LogP contribution >= 0.6 is 23.4 Å². The standard InChI is InChI=1S/C12H17ClFNO2S2/c1-9(8-18-3)15(2)19(16,17)12-6-10(7-13)4-5-11(12)14/h4-6,9H,7-8H2,1-3H3. The number of halogens is 2. The van der Waals surface area contributed by atoms with Crippen molar-refractivity contribution >= 4 is 33.4 Å². The molecule has 1 aromatic carbocycles. The molecule has 0 N–H and O–H groups in total. The molecule has 108 valence electrons. The lowest BCUT2D eigenvalue weighted by atomic mass is 10.2. The van der Waals surface area contributed by atoms with Crippen molar-refractivity contribution in [2.45, 2.75) is 23.7 Å². The van der Waals surface area contributed by atoms with Crippen LogP contribution in [0.2, 0.25) is 0 Å². The first-order chi connectivity index (χ1) is 8.84. The molecule has 0 saturated carbocycles. The molecule has 1 rings (SSSR count). The Kier molecular flexibility index (Phi) is 6.11. The summed E-state index contributed by atoms with van der Waals surface area (Å²) in [5, 5.41) is 0. The Labute approximate surface area is 123 Å². The summed E-state index contributed by atoms with van der Waals surface area (Å²) in [5.74, 6) is 0.0384. The molecule has 0 spiro atoms. The summed E-state index contributed by atoms with van der Waals surface area (Å²) in [6, 6.07) is 3.70. The minimum Gasteiger partial charge on any atom is -0.207 e. The maximum Gasteiger partial charge on any atom is 0.246 e. The summed E-state index contributed by atoms with van der Waals surface area (Å²) in [4.78, 5) is -0.318. The van der Waals surface area contributed by atoms with Gasteiger partial charge in [0.1, 0.15) is 10.7 Å². The Morgan fingerprint density at radius 2 is 2.11 bits per heavy atom. The molecular weight excluding hydrogens is 309 g/mol. The third-order valence-corrected chi connectivity index (χ3v) is 5.95. The molecule has 0 aromatic heterocycles. The molecule has 3 nitrogen and oxygen atoms in total. The number of benzene rings is 1. The van der Waals surface area contributed by atoms with E-state index in [2.05, 4.69) is 0 Å². The third-order valence-electron chi connectivity index (χ3n) is 2.84. The van der Waals surface area contributed by atoms with Crippen LogP contribution in [0.5, 0.6) is 0 Å². The minimum absolute atomic E-state index is 0.146. The monoisotopic (exact) mass is 325 g/mol. The SMILES string of the molecule is CSCC(C)N(C)S(=O)(=O)c1cc(CCl)ccc1F. The van der Waals surface area contributed by atoms with Crippen molar-refractivity contribution in [2.24, 2.45) is 0 Å². The quantitative estimate of drug-likeness (QED) is 0.755. The summed E-state index contributed by atoms with van der Waals surface area (Å²) >= 11 is 7.20. The smallest absolute Gasteiger partial charge is 0.207 e. The zero-order valence-electron chi connectivity index (χ0n) is 11.1. The summed E-state index contributed by atoms with van der Waals surface area (Å²) in [5.41, 5.74) is 0.576. The molecule has 0 aliphatic rings. The van der Waals surface area contributed by atoms with E-state index >= 15 is 0 Å². The fourth-order valence-electron chi connectivity index (χ4n) is 1.57. The van der Waals surface area contributed by atoms with Gasteiger partial charge in [0.25, 0.3) is 0 Å². The summed E-state index contributed by atoms with van der Waals surface area (Å²) < 4.78 is 39.7. The maximum absolute atomic E-state index is 13.8. The molecule has 1 atom stereocenters. The van der Waals surface area contributed by atoms with Crippen molar-refractivity contribution in [1.82, 2.24) is 4.31 Å². The van der Waals surface area contributed by atoms with Crippen LogP contribution in [0.4, 0.5) is 4.39 Å². The van der Waals surface area contributed by atoms with E-state index in [4.69, 9.17) is 11.6 Å². The summed E-state index contributed by atoms with van der Waals surface area (Å²) in [7, 11) is -2.38. The van der Waals surface area contributed by atoms with Crippen LogP contribution in [0.1, 0.15) is 12.5 Å². The Morgan fingerprint density at radius 3 is 2.63 bits per heavy atom. The van der Waals surface area contributed by atoms with Crippen LogP contribution in [0.15, 0.2) is 23.1 Å². The highest BCUT2D eigenvalue weighted by Gasteiger charge is 2.28. The minimum atomic E-state index is -3.84. The molecular formula is C12H17ClFNO2S2.